The molecule has 18 heavy (non-hydrogen) atoms. The first-order valence-electron chi connectivity index (χ1n) is 5.36. The van der Waals surface area contributed by atoms with Gasteiger partial charge in [0.05, 0.1) is 18.7 Å². The van der Waals surface area contributed by atoms with Gasteiger partial charge in [0.15, 0.2) is 5.69 Å². The van der Waals surface area contributed by atoms with Crippen LogP contribution in [0.15, 0.2) is 12.3 Å². The van der Waals surface area contributed by atoms with Gasteiger partial charge in [-0.1, -0.05) is 0 Å². The highest BCUT2D eigenvalue weighted by Gasteiger charge is 2.38. The minimum atomic E-state index is -4.57. The van der Waals surface area contributed by atoms with Crippen molar-refractivity contribution in [2.45, 2.75) is 19.2 Å². The predicted octanol–water partition coefficient (Wildman–Crippen LogP) is 1.78. The Balaban J connectivity index is 2.36. The van der Waals surface area contributed by atoms with Crippen molar-refractivity contribution in [2.75, 3.05) is 6.61 Å². The van der Waals surface area contributed by atoms with Crippen molar-refractivity contribution < 1.29 is 23.0 Å². The van der Waals surface area contributed by atoms with Crippen LogP contribution in [0.5, 0.6) is 5.75 Å². The van der Waals surface area contributed by atoms with Gasteiger partial charge in [-0.25, -0.2) is 4.52 Å². The highest BCUT2D eigenvalue weighted by molar-refractivity contribution is 5.67. The van der Waals surface area contributed by atoms with Crippen molar-refractivity contribution in [1.29, 1.82) is 0 Å². The molecule has 3 heterocycles. The first kappa shape index (κ1) is 11.3. The molecule has 1 aliphatic rings. The number of aliphatic hydroxyl groups is 1. The van der Waals surface area contributed by atoms with Crippen molar-refractivity contribution in [1.82, 2.24) is 9.61 Å². The maximum Gasteiger partial charge on any atom is 0.435 e. The second-order valence-corrected chi connectivity index (χ2v) is 4.03. The van der Waals surface area contributed by atoms with Gasteiger partial charge in [-0.2, -0.15) is 18.3 Å². The summed E-state index contributed by atoms with van der Waals surface area (Å²) in [7, 11) is 0. The molecule has 4 nitrogen and oxygen atoms in total. The molecule has 2 aromatic rings. The van der Waals surface area contributed by atoms with E-state index in [0.29, 0.717) is 29.9 Å². The number of hydrogen-bond acceptors (Lipinski definition) is 3. The summed E-state index contributed by atoms with van der Waals surface area (Å²) in [6, 6.07) is 1.59. The standard InChI is InChI=1S/C11H9F3N2O2/c12-11(13,14)10-7(5-17)9-6-2-4-18-8(6)1-3-16(9)15-10/h1,3,17H,2,4-5H2. The van der Waals surface area contributed by atoms with Crippen LogP contribution >= 0.6 is 0 Å². The highest BCUT2D eigenvalue weighted by Crippen LogP contribution is 2.37. The van der Waals surface area contributed by atoms with Crippen LogP contribution in [-0.2, 0) is 19.2 Å². The third-order valence-corrected chi connectivity index (χ3v) is 3.00. The topological polar surface area (TPSA) is 46.8 Å². The largest absolute Gasteiger partial charge is 0.493 e. The summed E-state index contributed by atoms with van der Waals surface area (Å²) in [6.45, 7) is -0.263. The zero-order valence-corrected chi connectivity index (χ0v) is 9.16. The summed E-state index contributed by atoms with van der Waals surface area (Å²) in [4.78, 5) is 0. The number of rotatable bonds is 1. The van der Waals surface area contributed by atoms with Crippen LogP contribution in [-0.4, -0.2) is 21.3 Å². The Morgan fingerprint density at radius 2 is 2.22 bits per heavy atom. The molecule has 2 aromatic heterocycles. The summed E-state index contributed by atoms with van der Waals surface area (Å²) >= 11 is 0. The van der Waals surface area contributed by atoms with Crippen LogP contribution in [0.3, 0.4) is 0 Å². The molecular formula is C11H9F3N2O2. The zero-order chi connectivity index (χ0) is 12.9. The van der Waals surface area contributed by atoms with Crippen molar-refractivity contribution in [3.63, 3.8) is 0 Å². The lowest BCUT2D eigenvalue weighted by atomic mass is 10.1. The zero-order valence-electron chi connectivity index (χ0n) is 9.16. The summed E-state index contributed by atoms with van der Waals surface area (Å²) in [5, 5.41) is 12.7. The normalized spacial score (nSPS) is 14.9. The Hall–Kier alpha value is -1.76. The first-order valence-corrected chi connectivity index (χ1v) is 5.36. The summed E-state index contributed by atoms with van der Waals surface area (Å²) in [6.07, 6.45) is -2.64. The number of ether oxygens (including phenoxy) is 1. The van der Waals surface area contributed by atoms with Crippen molar-refractivity contribution in [2.24, 2.45) is 0 Å². The predicted molar refractivity (Wildman–Crippen MR) is 55.3 cm³/mol. The lowest BCUT2D eigenvalue weighted by molar-refractivity contribution is -0.142. The van der Waals surface area contributed by atoms with Gasteiger partial charge in [0.2, 0.25) is 0 Å². The Morgan fingerprint density at radius 3 is 2.89 bits per heavy atom. The van der Waals surface area contributed by atoms with Crippen molar-refractivity contribution in [3.8, 4) is 5.75 Å². The number of aliphatic hydroxyl groups excluding tert-OH is 1. The van der Waals surface area contributed by atoms with Crippen LogP contribution in [0.2, 0.25) is 0 Å². The van der Waals surface area contributed by atoms with Crippen LogP contribution < -0.4 is 4.74 Å². The maximum atomic E-state index is 12.8. The molecule has 0 atom stereocenters. The molecule has 1 aliphatic heterocycles. The van der Waals surface area contributed by atoms with Crippen molar-refractivity contribution in [3.05, 3.63) is 29.1 Å². The number of aromatic nitrogens is 2. The molecule has 0 spiro atoms. The number of pyridine rings is 1. The molecule has 0 saturated heterocycles. The molecule has 0 radical (unpaired) electrons. The Kier molecular flexibility index (Phi) is 2.28. The molecule has 0 amide bonds. The molecule has 1 N–H and O–H groups in total. The van der Waals surface area contributed by atoms with E-state index in [2.05, 4.69) is 5.10 Å². The minimum absolute atomic E-state index is 0.190. The summed E-state index contributed by atoms with van der Waals surface area (Å²) in [5.74, 6) is 0.561. The number of alkyl halides is 3. The van der Waals surface area contributed by atoms with Gasteiger partial charge >= 0.3 is 6.18 Å². The first-order chi connectivity index (χ1) is 8.52. The molecule has 96 valence electrons. The Labute approximate surface area is 99.6 Å². The average molecular weight is 258 g/mol. The monoisotopic (exact) mass is 258 g/mol. The van der Waals surface area contributed by atoms with E-state index in [1.165, 1.54) is 6.20 Å². The van der Waals surface area contributed by atoms with Crippen LogP contribution in [0.4, 0.5) is 13.2 Å². The molecule has 0 bridgehead atoms. The van der Waals surface area contributed by atoms with Gasteiger partial charge < -0.3 is 9.84 Å². The van der Waals surface area contributed by atoms with Gasteiger partial charge in [-0.15, -0.1) is 0 Å². The second-order valence-electron chi connectivity index (χ2n) is 4.03. The molecule has 0 unspecified atom stereocenters. The lowest BCUT2D eigenvalue weighted by Crippen LogP contribution is -2.09. The fourth-order valence-electron chi connectivity index (χ4n) is 2.27. The van der Waals surface area contributed by atoms with E-state index in [9.17, 15) is 18.3 Å². The van der Waals surface area contributed by atoms with Crippen LogP contribution in [0.1, 0.15) is 16.8 Å². The summed E-state index contributed by atoms with van der Waals surface area (Å²) < 4.78 is 44.9. The van der Waals surface area contributed by atoms with Gasteiger partial charge in [0, 0.05) is 23.7 Å². The van der Waals surface area contributed by atoms with Gasteiger partial charge in [-0.3, -0.25) is 0 Å². The van der Waals surface area contributed by atoms with Crippen molar-refractivity contribution >= 4 is 5.52 Å². The average Bonchev–Trinajstić information content (AvgIpc) is 2.90. The molecule has 3 rings (SSSR count). The highest BCUT2D eigenvalue weighted by atomic mass is 19.4. The fourth-order valence-corrected chi connectivity index (χ4v) is 2.27. The lowest BCUT2D eigenvalue weighted by Gasteiger charge is -2.04. The molecule has 7 heteroatoms. The molecule has 0 aromatic carbocycles. The third-order valence-electron chi connectivity index (χ3n) is 3.00. The number of hydrogen-bond donors (Lipinski definition) is 1. The number of nitrogens with zero attached hydrogens (tertiary/aromatic N) is 2. The van der Waals surface area contributed by atoms with E-state index in [1.54, 1.807) is 6.07 Å². The smallest absolute Gasteiger partial charge is 0.435 e. The fraction of sp³-hybridized carbons (Fsp3) is 0.364. The SMILES string of the molecule is OCc1c(C(F)(F)F)nn2ccc3c(c12)CCO3. The van der Waals surface area contributed by atoms with Gasteiger partial charge in [0.25, 0.3) is 0 Å². The minimum Gasteiger partial charge on any atom is -0.493 e. The number of halogens is 3. The van der Waals surface area contributed by atoms with E-state index < -0.39 is 18.5 Å². The maximum absolute atomic E-state index is 12.8. The van der Waals surface area contributed by atoms with E-state index in [0.717, 1.165) is 4.52 Å². The molecular weight excluding hydrogens is 249 g/mol. The molecule has 0 fully saturated rings. The number of fused-ring (bicyclic) bond motifs is 3. The van der Waals surface area contributed by atoms with E-state index in [-0.39, 0.29) is 5.56 Å². The third kappa shape index (κ3) is 1.47. The van der Waals surface area contributed by atoms with E-state index in [4.69, 9.17) is 4.74 Å². The van der Waals surface area contributed by atoms with E-state index in [1.807, 2.05) is 0 Å². The Morgan fingerprint density at radius 1 is 1.44 bits per heavy atom. The quantitative estimate of drug-likeness (QED) is 0.848. The van der Waals surface area contributed by atoms with Crippen LogP contribution in [0, 0.1) is 0 Å². The molecule has 0 aliphatic carbocycles. The van der Waals surface area contributed by atoms with E-state index >= 15 is 0 Å². The Bertz CT molecular complexity index is 619. The molecule has 0 saturated carbocycles. The van der Waals surface area contributed by atoms with Crippen LogP contribution in [0.25, 0.3) is 5.52 Å². The summed E-state index contributed by atoms with van der Waals surface area (Å²) in [5.41, 5.74) is -0.250. The second kappa shape index (κ2) is 3.61. The van der Waals surface area contributed by atoms with Gasteiger partial charge in [-0.05, 0) is 6.07 Å². The van der Waals surface area contributed by atoms with Gasteiger partial charge in [0.1, 0.15) is 5.75 Å².